The average Bonchev–Trinajstić information content (AvgIpc) is 2.29. The molecule has 0 atom stereocenters. The summed E-state index contributed by atoms with van der Waals surface area (Å²) in [5.74, 6) is 0. The zero-order valence-corrected chi connectivity index (χ0v) is 10.2. The maximum atomic E-state index is 11.8. The predicted octanol–water partition coefficient (Wildman–Crippen LogP) is 3.19. The van der Waals surface area contributed by atoms with E-state index in [0.717, 1.165) is 32.2 Å². The van der Waals surface area contributed by atoms with E-state index in [0.29, 0.717) is 6.61 Å². The van der Waals surface area contributed by atoms with E-state index in [9.17, 15) is 4.79 Å². The normalized spacial score (nSPS) is 20.1. The second-order valence-corrected chi connectivity index (χ2v) is 4.24. The second-order valence-electron chi connectivity index (χ2n) is 4.24. The number of hydrogen-bond donors (Lipinski definition) is 0. The summed E-state index contributed by atoms with van der Waals surface area (Å²) in [4.78, 5) is 13.8. The van der Waals surface area contributed by atoms with Crippen LogP contribution in [0.25, 0.3) is 0 Å². The Balaban J connectivity index is 2.76. The number of carbonyl (C=O) groups excluding carboxylic acids is 1. The number of carbonyl (C=O) groups is 1. The quantitative estimate of drug-likeness (QED) is 0.720. The monoisotopic (exact) mass is 213 g/mol. The van der Waals surface area contributed by atoms with Crippen LogP contribution in [0.5, 0.6) is 0 Å². The molecule has 0 spiro atoms. The standard InChI is InChI=1S/C12H23NO2/c1-4-12(5-2)9-7-8-10-13(12)11(14)15-6-3/h4-10H2,1-3H3. The van der Waals surface area contributed by atoms with Gasteiger partial charge in [-0.15, -0.1) is 0 Å². The third-order valence-corrected chi connectivity index (χ3v) is 3.65. The third-order valence-electron chi connectivity index (χ3n) is 3.65. The Hall–Kier alpha value is -0.730. The fraction of sp³-hybridized carbons (Fsp3) is 0.917. The van der Waals surface area contributed by atoms with E-state index in [1.54, 1.807) is 0 Å². The van der Waals surface area contributed by atoms with Crippen LogP contribution in [0.3, 0.4) is 0 Å². The minimum absolute atomic E-state index is 0.0600. The molecule has 0 aromatic carbocycles. The largest absolute Gasteiger partial charge is 0.450 e. The van der Waals surface area contributed by atoms with E-state index in [-0.39, 0.29) is 11.6 Å². The van der Waals surface area contributed by atoms with Crippen LogP contribution in [0.15, 0.2) is 0 Å². The number of amides is 1. The average molecular weight is 213 g/mol. The molecule has 15 heavy (non-hydrogen) atoms. The van der Waals surface area contributed by atoms with E-state index < -0.39 is 0 Å². The van der Waals surface area contributed by atoms with Gasteiger partial charge in [0.25, 0.3) is 0 Å². The molecule has 1 aliphatic heterocycles. The van der Waals surface area contributed by atoms with E-state index in [2.05, 4.69) is 13.8 Å². The molecule has 0 bridgehead atoms. The first-order valence-corrected chi connectivity index (χ1v) is 6.14. The lowest BCUT2D eigenvalue weighted by atomic mass is 9.82. The smallest absolute Gasteiger partial charge is 0.410 e. The molecule has 1 heterocycles. The van der Waals surface area contributed by atoms with Gasteiger partial charge in [-0.2, -0.15) is 0 Å². The van der Waals surface area contributed by atoms with Crippen LogP contribution in [-0.2, 0) is 4.74 Å². The summed E-state index contributed by atoms with van der Waals surface area (Å²) in [6.45, 7) is 7.53. The first kappa shape index (κ1) is 12.3. The van der Waals surface area contributed by atoms with Gasteiger partial charge in [0.15, 0.2) is 0 Å². The van der Waals surface area contributed by atoms with Gasteiger partial charge < -0.3 is 9.64 Å². The molecule has 0 aliphatic carbocycles. The van der Waals surface area contributed by atoms with E-state index >= 15 is 0 Å². The first-order chi connectivity index (χ1) is 7.20. The Kier molecular flexibility index (Phi) is 4.43. The highest BCUT2D eigenvalue weighted by molar-refractivity contribution is 5.68. The van der Waals surface area contributed by atoms with Crippen molar-refractivity contribution < 1.29 is 9.53 Å². The number of ether oxygens (including phenoxy) is 1. The first-order valence-electron chi connectivity index (χ1n) is 6.14. The van der Waals surface area contributed by atoms with Crippen molar-refractivity contribution in [1.82, 2.24) is 4.90 Å². The maximum absolute atomic E-state index is 11.8. The van der Waals surface area contributed by atoms with Crippen LogP contribution in [0, 0.1) is 0 Å². The lowest BCUT2D eigenvalue weighted by molar-refractivity contribution is 0.0242. The topological polar surface area (TPSA) is 29.5 Å². The van der Waals surface area contributed by atoms with Gasteiger partial charge in [0, 0.05) is 12.1 Å². The Labute approximate surface area is 92.8 Å². The van der Waals surface area contributed by atoms with Gasteiger partial charge in [-0.25, -0.2) is 4.79 Å². The zero-order valence-electron chi connectivity index (χ0n) is 10.2. The van der Waals surface area contributed by atoms with Crippen LogP contribution in [0.4, 0.5) is 4.79 Å². The van der Waals surface area contributed by atoms with Crippen LogP contribution in [-0.4, -0.2) is 29.7 Å². The molecule has 0 radical (unpaired) electrons. The second kappa shape index (κ2) is 5.38. The number of nitrogens with zero attached hydrogens (tertiary/aromatic N) is 1. The van der Waals surface area contributed by atoms with E-state index in [1.807, 2.05) is 11.8 Å². The van der Waals surface area contributed by atoms with Gasteiger partial charge in [0.1, 0.15) is 0 Å². The molecule has 0 unspecified atom stereocenters. The van der Waals surface area contributed by atoms with Crippen molar-refractivity contribution in [2.75, 3.05) is 13.2 Å². The minimum atomic E-state index is -0.124. The molecule has 88 valence electrons. The van der Waals surface area contributed by atoms with Gasteiger partial charge in [-0.1, -0.05) is 13.8 Å². The van der Waals surface area contributed by atoms with Crippen LogP contribution in [0.2, 0.25) is 0 Å². The van der Waals surface area contributed by atoms with E-state index in [1.165, 1.54) is 6.42 Å². The summed E-state index contributed by atoms with van der Waals surface area (Å²) in [6.07, 6.45) is 5.41. The minimum Gasteiger partial charge on any atom is -0.450 e. The number of likely N-dealkylation sites (tertiary alicyclic amines) is 1. The van der Waals surface area contributed by atoms with Crippen molar-refractivity contribution in [3.63, 3.8) is 0 Å². The zero-order chi connectivity index (χ0) is 11.3. The molecule has 1 aliphatic rings. The molecule has 3 heteroatoms. The summed E-state index contributed by atoms with van der Waals surface area (Å²) >= 11 is 0. The van der Waals surface area contributed by atoms with Crippen LogP contribution < -0.4 is 0 Å². The Morgan fingerprint density at radius 1 is 1.27 bits per heavy atom. The Bertz CT molecular complexity index is 212. The molecule has 0 aromatic heterocycles. The van der Waals surface area contributed by atoms with Gasteiger partial charge in [-0.3, -0.25) is 0 Å². The summed E-state index contributed by atoms with van der Waals surface area (Å²) < 4.78 is 5.13. The molecule has 0 saturated carbocycles. The Morgan fingerprint density at radius 3 is 2.47 bits per heavy atom. The predicted molar refractivity (Wildman–Crippen MR) is 60.9 cm³/mol. The highest BCUT2D eigenvalue weighted by atomic mass is 16.6. The Morgan fingerprint density at radius 2 is 1.93 bits per heavy atom. The van der Waals surface area contributed by atoms with Crippen LogP contribution in [0.1, 0.15) is 52.9 Å². The third kappa shape index (κ3) is 2.44. The fourth-order valence-corrected chi connectivity index (χ4v) is 2.57. The van der Waals surface area contributed by atoms with E-state index in [4.69, 9.17) is 4.74 Å². The van der Waals surface area contributed by atoms with Gasteiger partial charge in [-0.05, 0) is 39.0 Å². The number of piperidine rings is 1. The van der Waals surface area contributed by atoms with Crippen molar-refractivity contribution >= 4 is 6.09 Å². The highest BCUT2D eigenvalue weighted by Gasteiger charge is 2.39. The highest BCUT2D eigenvalue weighted by Crippen LogP contribution is 2.34. The summed E-state index contributed by atoms with van der Waals surface area (Å²) in [5.41, 5.74) is 0.0600. The van der Waals surface area contributed by atoms with Crippen molar-refractivity contribution in [1.29, 1.82) is 0 Å². The molecular formula is C12H23NO2. The van der Waals surface area contributed by atoms with Crippen molar-refractivity contribution in [3.8, 4) is 0 Å². The summed E-state index contributed by atoms with van der Waals surface area (Å²) in [5, 5.41) is 0. The SMILES string of the molecule is CCOC(=O)N1CCCCC1(CC)CC. The van der Waals surface area contributed by atoms with Gasteiger partial charge in [0.2, 0.25) is 0 Å². The van der Waals surface area contributed by atoms with Crippen molar-refractivity contribution in [2.24, 2.45) is 0 Å². The van der Waals surface area contributed by atoms with Gasteiger partial charge in [0.05, 0.1) is 6.61 Å². The van der Waals surface area contributed by atoms with Crippen molar-refractivity contribution in [3.05, 3.63) is 0 Å². The molecular weight excluding hydrogens is 190 g/mol. The molecule has 1 saturated heterocycles. The number of rotatable bonds is 3. The fourth-order valence-electron chi connectivity index (χ4n) is 2.57. The molecule has 1 rings (SSSR count). The molecule has 0 N–H and O–H groups in total. The molecule has 1 fully saturated rings. The lowest BCUT2D eigenvalue weighted by Crippen LogP contribution is -2.54. The van der Waals surface area contributed by atoms with Gasteiger partial charge >= 0.3 is 6.09 Å². The van der Waals surface area contributed by atoms with Crippen LogP contribution >= 0.6 is 0 Å². The molecule has 0 aromatic rings. The van der Waals surface area contributed by atoms with Crippen molar-refractivity contribution in [2.45, 2.75) is 58.4 Å². The number of hydrogen-bond acceptors (Lipinski definition) is 2. The lowest BCUT2D eigenvalue weighted by Gasteiger charge is -2.45. The summed E-state index contributed by atoms with van der Waals surface area (Å²) in [6, 6.07) is 0. The maximum Gasteiger partial charge on any atom is 0.410 e. The molecule has 3 nitrogen and oxygen atoms in total. The molecule has 1 amide bonds. The summed E-state index contributed by atoms with van der Waals surface area (Å²) in [7, 11) is 0.